The fraction of sp³-hybridized carbons (Fsp3) is 0.118. The summed E-state index contributed by atoms with van der Waals surface area (Å²) in [6.07, 6.45) is 0. The number of halogens is 1. The standard InChI is InChI=1S/C17H15ClN2O4S/c18-13-7-9-14(10-8-13)25(22,23)20-11-3-4-12-24-16-6-2-1-5-15(16)17(19)21/h1-2,5-10,20H,11-12H2,(H2,19,21). The molecule has 0 saturated carbocycles. The first kappa shape index (κ1) is 18.8. The van der Waals surface area contributed by atoms with E-state index in [2.05, 4.69) is 16.6 Å². The average Bonchev–Trinajstić information content (AvgIpc) is 2.58. The van der Waals surface area contributed by atoms with Crippen molar-refractivity contribution in [3.05, 3.63) is 59.1 Å². The summed E-state index contributed by atoms with van der Waals surface area (Å²) in [4.78, 5) is 11.3. The summed E-state index contributed by atoms with van der Waals surface area (Å²) < 4.78 is 31.7. The van der Waals surface area contributed by atoms with Gasteiger partial charge >= 0.3 is 0 Å². The van der Waals surface area contributed by atoms with Gasteiger partial charge in [0.1, 0.15) is 12.4 Å². The van der Waals surface area contributed by atoms with Crippen molar-refractivity contribution in [2.24, 2.45) is 5.73 Å². The van der Waals surface area contributed by atoms with Gasteiger partial charge in [0.05, 0.1) is 17.0 Å². The van der Waals surface area contributed by atoms with Gasteiger partial charge in [-0.25, -0.2) is 8.42 Å². The van der Waals surface area contributed by atoms with Gasteiger partial charge in [-0.05, 0) is 36.4 Å². The summed E-state index contributed by atoms with van der Waals surface area (Å²) in [5, 5.41) is 0.451. The van der Waals surface area contributed by atoms with Crippen LogP contribution < -0.4 is 15.2 Å². The molecule has 0 unspecified atom stereocenters. The Morgan fingerprint density at radius 1 is 1.12 bits per heavy atom. The van der Waals surface area contributed by atoms with Crippen molar-refractivity contribution in [3.63, 3.8) is 0 Å². The Kier molecular flexibility index (Phi) is 6.42. The summed E-state index contributed by atoms with van der Waals surface area (Å²) >= 11 is 5.72. The second-order valence-corrected chi connectivity index (χ2v) is 6.98. The van der Waals surface area contributed by atoms with Gasteiger partial charge in [-0.1, -0.05) is 35.6 Å². The van der Waals surface area contributed by atoms with Gasteiger partial charge in [0.15, 0.2) is 0 Å². The topological polar surface area (TPSA) is 98.5 Å². The molecule has 0 aliphatic rings. The number of nitrogens with one attached hydrogen (secondary N) is 1. The van der Waals surface area contributed by atoms with Crippen LogP contribution in [0.25, 0.3) is 0 Å². The number of rotatable bonds is 6. The predicted octanol–water partition coefficient (Wildman–Crippen LogP) is 1.80. The maximum absolute atomic E-state index is 12.0. The molecule has 0 radical (unpaired) electrons. The highest BCUT2D eigenvalue weighted by molar-refractivity contribution is 7.89. The lowest BCUT2D eigenvalue weighted by Gasteiger charge is -2.06. The minimum Gasteiger partial charge on any atom is -0.480 e. The molecule has 0 aliphatic carbocycles. The Morgan fingerprint density at radius 3 is 2.48 bits per heavy atom. The van der Waals surface area contributed by atoms with E-state index in [0.29, 0.717) is 10.8 Å². The van der Waals surface area contributed by atoms with E-state index < -0.39 is 15.9 Å². The van der Waals surface area contributed by atoms with Crippen molar-refractivity contribution in [3.8, 4) is 17.6 Å². The van der Waals surface area contributed by atoms with Crippen LogP contribution in [0, 0.1) is 11.8 Å². The molecule has 0 atom stereocenters. The number of amides is 1. The zero-order valence-electron chi connectivity index (χ0n) is 13.0. The first-order chi connectivity index (χ1) is 11.9. The largest absolute Gasteiger partial charge is 0.480 e. The SMILES string of the molecule is NC(=O)c1ccccc1OCC#CCNS(=O)(=O)c1ccc(Cl)cc1. The lowest BCUT2D eigenvalue weighted by molar-refractivity contribution is 0.0997. The van der Waals surface area contributed by atoms with E-state index in [1.165, 1.54) is 24.3 Å². The van der Waals surface area contributed by atoms with Gasteiger partial charge in [-0.15, -0.1) is 0 Å². The first-order valence-corrected chi connectivity index (χ1v) is 8.99. The second kappa shape index (κ2) is 8.53. The number of carbonyl (C=O) groups excluding carboxylic acids is 1. The number of nitrogens with two attached hydrogens (primary N) is 1. The van der Waals surface area contributed by atoms with Crippen molar-refractivity contribution in [2.45, 2.75) is 4.90 Å². The van der Waals surface area contributed by atoms with Crippen molar-refractivity contribution in [1.82, 2.24) is 4.72 Å². The molecule has 6 nitrogen and oxygen atoms in total. The normalized spacial score (nSPS) is 10.6. The number of carbonyl (C=O) groups is 1. The molecule has 0 fully saturated rings. The van der Waals surface area contributed by atoms with E-state index >= 15 is 0 Å². The number of sulfonamides is 1. The summed E-state index contributed by atoms with van der Waals surface area (Å²) in [7, 11) is -3.65. The molecular weight excluding hydrogens is 364 g/mol. The number of para-hydroxylation sites is 1. The maximum atomic E-state index is 12.0. The molecule has 25 heavy (non-hydrogen) atoms. The maximum Gasteiger partial charge on any atom is 0.252 e. The van der Waals surface area contributed by atoms with E-state index in [-0.39, 0.29) is 23.6 Å². The van der Waals surface area contributed by atoms with Crippen LogP contribution in [0.15, 0.2) is 53.4 Å². The molecule has 1 amide bonds. The van der Waals surface area contributed by atoms with Gasteiger partial charge in [0.2, 0.25) is 10.0 Å². The number of hydrogen-bond acceptors (Lipinski definition) is 4. The molecule has 0 saturated heterocycles. The lowest BCUT2D eigenvalue weighted by Crippen LogP contribution is -2.24. The van der Waals surface area contributed by atoms with Crippen LogP contribution in [-0.2, 0) is 10.0 Å². The van der Waals surface area contributed by atoms with E-state index in [0.717, 1.165) is 0 Å². The van der Waals surface area contributed by atoms with Gasteiger partial charge < -0.3 is 10.5 Å². The van der Waals surface area contributed by atoms with Crippen LogP contribution >= 0.6 is 11.6 Å². The van der Waals surface area contributed by atoms with Crippen molar-refractivity contribution in [1.29, 1.82) is 0 Å². The van der Waals surface area contributed by atoms with Crippen LogP contribution in [-0.4, -0.2) is 27.5 Å². The number of primary amides is 1. The molecule has 3 N–H and O–H groups in total. The first-order valence-electron chi connectivity index (χ1n) is 7.13. The smallest absolute Gasteiger partial charge is 0.252 e. The molecule has 0 spiro atoms. The minimum atomic E-state index is -3.65. The Labute approximate surface area is 151 Å². The molecule has 8 heteroatoms. The Balaban J connectivity index is 1.87. The Morgan fingerprint density at radius 2 is 1.80 bits per heavy atom. The fourth-order valence-electron chi connectivity index (χ4n) is 1.85. The van der Waals surface area contributed by atoms with E-state index in [4.69, 9.17) is 22.1 Å². The monoisotopic (exact) mass is 378 g/mol. The predicted molar refractivity (Wildman–Crippen MR) is 94.9 cm³/mol. The van der Waals surface area contributed by atoms with Crippen LogP contribution in [0.2, 0.25) is 5.02 Å². The summed E-state index contributed by atoms with van der Waals surface area (Å²) in [5.74, 6) is 5.02. The summed E-state index contributed by atoms with van der Waals surface area (Å²) in [5.41, 5.74) is 5.50. The highest BCUT2D eigenvalue weighted by Gasteiger charge is 2.12. The van der Waals surface area contributed by atoms with Crippen LogP contribution in [0.1, 0.15) is 10.4 Å². The van der Waals surface area contributed by atoms with Gasteiger partial charge in [0, 0.05) is 5.02 Å². The quantitative estimate of drug-likeness (QED) is 0.749. The molecule has 130 valence electrons. The highest BCUT2D eigenvalue weighted by atomic mass is 35.5. The number of ether oxygens (including phenoxy) is 1. The third-order valence-electron chi connectivity index (χ3n) is 3.05. The van der Waals surface area contributed by atoms with Crippen molar-refractivity contribution < 1.29 is 17.9 Å². The second-order valence-electron chi connectivity index (χ2n) is 4.78. The van der Waals surface area contributed by atoms with Crippen LogP contribution in [0.3, 0.4) is 0 Å². The molecule has 0 heterocycles. The van der Waals surface area contributed by atoms with Gasteiger partial charge in [0.25, 0.3) is 5.91 Å². The molecule has 2 rings (SSSR count). The number of benzene rings is 2. The summed E-state index contributed by atoms with van der Waals surface area (Å²) in [6.45, 7) is -0.0846. The number of hydrogen-bond donors (Lipinski definition) is 2. The minimum absolute atomic E-state index is 0.00698. The van der Waals surface area contributed by atoms with Gasteiger partial charge in [-0.3, -0.25) is 4.79 Å². The van der Waals surface area contributed by atoms with Crippen LogP contribution in [0.4, 0.5) is 0 Å². The molecule has 0 bridgehead atoms. The van der Waals surface area contributed by atoms with E-state index in [1.54, 1.807) is 24.3 Å². The Hall–Kier alpha value is -2.53. The average molecular weight is 379 g/mol. The molecular formula is C17H15ClN2O4S. The third kappa shape index (κ3) is 5.50. The summed E-state index contributed by atoms with van der Waals surface area (Å²) in [6, 6.07) is 12.3. The Bertz CT molecular complexity index is 916. The lowest BCUT2D eigenvalue weighted by atomic mass is 10.2. The zero-order chi connectivity index (χ0) is 18.3. The van der Waals surface area contributed by atoms with Gasteiger partial charge in [-0.2, -0.15) is 4.72 Å². The zero-order valence-corrected chi connectivity index (χ0v) is 14.6. The van der Waals surface area contributed by atoms with Crippen molar-refractivity contribution in [2.75, 3.05) is 13.2 Å². The van der Waals surface area contributed by atoms with E-state index in [9.17, 15) is 13.2 Å². The third-order valence-corrected chi connectivity index (χ3v) is 4.72. The van der Waals surface area contributed by atoms with E-state index in [1.807, 2.05) is 0 Å². The molecule has 0 aromatic heterocycles. The fourth-order valence-corrected chi connectivity index (χ4v) is 2.90. The molecule has 2 aromatic rings. The van der Waals surface area contributed by atoms with Crippen LogP contribution in [0.5, 0.6) is 5.75 Å². The molecule has 2 aromatic carbocycles. The van der Waals surface area contributed by atoms with Crippen molar-refractivity contribution >= 4 is 27.5 Å². The highest BCUT2D eigenvalue weighted by Crippen LogP contribution is 2.16. The molecule has 0 aliphatic heterocycles.